The molecule has 0 radical (unpaired) electrons. The molecule has 3 heterocycles. The number of aliphatic imine (C=N–C) groups is 1. The van der Waals surface area contributed by atoms with Crippen LogP contribution in [-0.2, 0) is 17.4 Å². The summed E-state index contributed by atoms with van der Waals surface area (Å²) in [4.78, 5) is 19.3. The fourth-order valence-electron chi connectivity index (χ4n) is 4.62. The Morgan fingerprint density at radius 1 is 1.07 bits per heavy atom. The number of carbonyl (C=O) groups is 1. The third kappa shape index (κ3) is 2.48. The lowest BCUT2D eigenvalue weighted by Crippen LogP contribution is -2.49. The van der Waals surface area contributed by atoms with Crippen LogP contribution in [0, 0.1) is 0 Å². The van der Waals surface area contributed by atoms with Gasteiger partial charge in [0.05, 0.1) is 0 Å². The van der Waals surface area contributed by atoms with Crippen LogP contribution in [0.4, 0.5) is 0 Å². The fraction of sp³-hybridized carbons (Fsp3) is 0.304. The van der Waals surface area contributed by atoms with Crippen LogP contribution in [0.3, 0.4) is 0 Å². The molecule has 1 amide bonds. The number of hydrogen-bond acceptors (Lipinski definition) is 4. The molecule has 0 aliphatic carbocycles. The Hall–Kier alpha value is -3.28. The van der Waals surface area contributed by atoms with Gasteiger partial charge in [-0.1, -0.05) is 12.1 Å². The number of hydrogen-bond donors (Lipinski definition) is 1. The number of nitrogens with two attached hydrogens (primary N) is 1. The van der Waals surface area contributed by atoms with Gasteiger partial charge < -0.3 is 15.0 Å². The molecule has 1 aromatic heterocycles. The summed E-state index contributed by atoms with van der Waals surface area (Å²) in [5.41, 5.74) is 8.54. The van der Waals surface area contributed by atoms with Gasteiger partial charge in [-0.3, -0.25) is 9.69 Å². The first kappa shape index (κ1) is 17.8. The molecule has 29 heavy (non-hydrogen) atoms. The number of ether oxygens (including phenoxy) is 1. The molecule has 2 N–H and O–H groups in total. The first-order valence-electron chi connectivity index (χ1n) is 9.73. The first-order valence-corrected chi connectivity index (χ1v) is 9.73. The second kappa shape index (κ2) is 5.63. The van der Waals surface area contributed by atoms with Crippen molar-refractivity contribution >= 4 is 22.8 Å². The van der Waals surface area contributed by atoms with Gasteiger partial charge in [0.15, 0.2) is 11.5 Å². The molecule has 0 fully saturated rings. The number of guanidine groups is 1. The minimum Gasteiger partial charge on any atom is -0.487 e. The van der Waals surface area contributed by atoms with Gasteiger partial charge in [-0.25, -0.2) is 4.99 Å². The number of aryl methyl sites for hydroxylation is 1. The van der Waals surface area contributed by atoms with Crippen molar-refractivity contribution in [1.29, 1.82) is 0 Å². The minimum absolute atomic E-state index is 0.108. The van der Waals surface area contributed by atoms with E-state index in [1.807, 2.05) is 39.1 Å². The standard InChI is InChI=1S/C23H24N4O2/c1-22(2)13-23(20(28)27(4)21(24)25-23)17-12-15(6-8-19(17)29-22)14-5-7-18-16(11-14)9-10-26(18)3/h5-12H,13H2,1-4H3,(H2,24,25). The van der Waals surface area contributed by atoms with Crippen molar-refractivity contribution in [2.24, 2.45) is 17.8 Å². The third-order valence-corrected chi connectivity index (χ3v) is 6.02. The van der Waals surface area contributed by atoms with Gasteiger partial charge in [0.1, 0.15) is 11.4 Å². The molecule has 3 aromatic rings. The van der Waals surface area contributed by atoms with E-state index < -0.39 is 11.1 Å². The molecular formula is C23H24N4O2. The van der Waals surface area contributed by atoms with Crippen LogP contribution in [0.15, 0.2) is 53.7 Å². The molecule has 148 valence electrons. The van der Waals surface area contributed by atoms with Crippen molar-refractivity contribution < 1.29 is 9.53 Å². The Morgan fingerprint density at radius 2 is 1.79 bits per heavy atom. The Morgan fingerprint density at radius 3 is 2.52 bits per heavy atom. The van der Waals surface area contributed by atoms with E-state index in [2.05, 4.69) is 40.0 Å². The molecule has 1 atom stereocenters. The normalized spacial score (nSPS) is 22.7. The van der Waals surface area contributed by atoms with Crippen LogP contribution in [0.1, 0.15) is 25.8 Å². The number of fused-ring (bicyclic) bond motifs is 3. The van der Waals surface area contributed by atoms with Crippen LogP contribution >= 0.6 is 0 Å². The Balaban J connectivity index is 1.70. The zero-order valence-electron chi connectivity index (χ0n) is 17.1. The van der Waals surface area contributed by atoms with Gasteiger partial charge >= 0.3 is 0 Å². The van der Waals surface area contributed by atoms with Crippen molar-refractivity contribution in [3.8, 4) is 16.9 Å². The number of benzene rings is 2. The highest BCUT2D eigenvalue weighted by Crippen LogP contribution is 2.49. The number of likely N-dealkylation sites (N-methyl/N-ethyl adjacent to an activating group) is 1. The zero-order valence-corrected chi connectivity index (χ0v) is 17.1. The molecule has 6 heteroatoms. The van der Waals surface area contributed by atoms with E-state index in [4.69, 9.17) is 10.5 Å². The maximum absolute atomic E-state index is 13.2. The number of aromatic nitrogens is 1. The van der Waals surface area contributed by atoms with Gasteiger partial charge in [0.25, 0.3) is 5.91 Å². The molecule has 5 rings (SSSR count). The SMILES string of the molecule is CN1C(=O)C2(CC(C)(C)Oc3ccc(-c4ccc5c(ccn5C)c4)cc32)N=C1N. The monoisotopic (exact) mass is 388 g/mol. The van der Waals surface area contributed by atoms with Crippen molar-refractivity contribution in [1.82, 2.24) is 9.47 Å². The number of carbonyl (C=O) groups excluding carboxylic acids is 1. The minimum atomic E-state index is -1.04. The van der Waals surface area contributed by atoms with Gasteiger partial charge in [-0.05, 0) is 55.3 Å². The molecule has 2 aliphatic heterocycles. The second-order valence-corrected chi connectivity index (χ2v) is 8.64. The molecular weight excluding hydrogens is 364 g/mol. The maximum Gasteiger partial charge on any atom is 0.261 e. The molecule has 1 spiro atoms. The van der Waals surface area contributed by atoms with E-state index in [-0.39, 0.29) is 11.9 Å². The molecule has 0 saturated heterocycles. The zero-order chi connectivity index (χ0) is 20.6. The Kier molecular flexibility index (Phi) is 3.45. The van der Waals surface area contributed by atoms with E-state index in [1.165, 1.54) is 15.8 Å². The quantitative estimate of drug-likeness (QED) is 0.694. The average molecular weight is 388 g/mol. The average Bonchev–Trinajstić information content (AvgIpc) is 3.14. The largest absolute Gasteiger partial charge is 0.487 e. The highest BCUT2D eigenvalue weighted by atomic mass is 16.5. The molecule has 2 aromatic carbocycles. The van der Waals surface area contributed by atoms with Crippen LogP contribution in [0.25, 0.3) is 22.0 Å². The predicted molar refractivity (Wildman–Crippen MR) is 114 cm³/mol. The number of amides is 1. The summed E-state index contributed by atoms with van der Waals surface area (Å²) in [6, 6.07) is 14.5. The molecule has 1 unspecified atom stereocenters. The Labute approximate surface area is 169 Å². The van der Waals surface area contributed by atoms with E-state index >= 15 is 0 Å². The number of rotatable bonds is 1. The van der Waals surface area contributed by atoms with Gasteiger partial charge in [-0.2, -0.15) is 0 Å². The molecule has 0 saturated carbocycles. The first-order chi connectivity index (χ1) is 13.7. The van der Waals surface area contributed by atoms with Crippen LogP contribution in [-0.4, -0.2) is 34.0 Å². The van der Waals surface area contributed by atoms with Crippen LogP contribution < -0.4 is 10.5 Å². The maximum atomic E-state index is 13.2. The Bertz CT molecular complexity index is 1210. The molecule has 0 bridgehead atoms. The fourth-order valence-corrected chi connectivity index (χ4v) is 4.62. The summed E-state index contributed by atoms with van der Waals surface area (Å²) in [6.45, 7) is 3.96. The van der Waals surface area contributed by atoms with E-state index in [0.29, 0.717) is 12.2 Å². The van der Waals surface area contributed by atoms with E-state index in [9.17, 15) is 4.79 Å². The lowest BCUT2D eigenvalue weighted by atomic mass is 9.77. The predicted octanol–water partition coefficient (Wildman–Crippen LogP) is 3.39. The summed E-state index contributed by atoms with van der Waals surface area (Å²) in [7, 11) is 3.71. The van der Waals surface area contributed by atoms with Gasteiger partial charge in [0, 0.05) is 43.2 Å². The topological polar surface area (TPSA) is 72.8 Å². The molecule has 2 aliphatic rings. The van der Waals surface area contributed by atoms with Crippen LogP contribution in [0.2, 0.25) is 0 Å². The summed E-state index contributed by atoms with van der Waals surface area (Å²) in [6.07, 6.45) is 2.49. The molecule has 6 nitrogen and oxygen atoms in total. The summed E-state index contributed by atoms with van der Waals surface area (Å²) < 4.78 is 8.30. The van der Waals surface area contributed by atoms with Gasteiger partial charge in [-0.15, -0.1) is 0 Å². The third-order valence-electron chi connectivity index (χ3n) is 6.02. The highest BCUT2D eigenvalue weighted by Gasteiger charge is 2.55. The van der Waals surface area contributed by atoms with Crippen LogP contribution in [0.5, 0.6) is 5.75 Å². The van der Waals surface area contributed by atoms with E-state index in [1.54, 1.807) is 7.05 Å². The summed E-state index contributed by atoms with van der Waals surface area (Å²) >= 11 is 0. The van der Waals surface area contributed by atoms with Crippen molar-refractivity contribution in [2.45, 2.75) is 31.4 Å². The lowest BCUT2D eigenvalue weighted by Gasteiger charge is -2.41. The van der Waals surface area contributed by atoms with Crippen molar-refractivity contribution in [3.05, 3.63) is 54.2 Å². The summed E-state index contributed by atoms with van der Waals surface area (Å²) in [5, 5.41) is 1.17. The lowest BCUT2D eigenvalue weighted by molar-refractivity contribution is -0.133. The second-order valence-electron chi connectivity index (χ2n) is 8.64. The van der Waals surface area contributed by atoms with Crippen molar-refractivity contribution in [2.75, 3.05) is 7.05 Å². The van der Waals surface area contributed by atoms with Gasteiger partial charge in [0.2, 0.25) is 0 Å². The van der Waals surface area contributed by atoms with E-state index in [0.717, 1.165) is 16.7 Å². The number of nitrogens with zero attached hydrogens (tertiary/aromatic N) is 3. The smallest absolute Gasteiger partial charge is 0.261 e. The highest BCUT2D eigenvalue weighted by molar-refractivity contribution is 6.07. The summed E-state index contributed by atoms with van der Waals surface area (Å²) in [5.74, 6) is 0.823. The van der Waals surface area contributed by atoms with Crippen molar-refractivity contribution in [3.63, 3.8) is 0 Å².